The average Bonchev–Trinajstić information content (AvgIpc) is 2.15. The van der Waals surface area contributed by atoms with Gasteiger partial charge < -0.3 is 5.32 Å². The Morgan fingerprint density at radius 2 is 2.00 bits per heavy atom. The van der Waals surface area contributed by atoms with Gasteiger partial charge in [0, 0.05) is 14.9 Å². The average molecular weight is 183 g/mol. The molecular formula is C11H21NO. The molecule has 0 rings (SSSR count). The van der Waals surface area contributed by atoms with Crippen molar-refractivity contribution < 1.29 is 6.22 Å². The minimum Gasteiger partial charge on any atom is -0.352 e. The predicted molar refractivity (Wildman–Crippen MR) is 60.6 cm³/mol. The number of nitrogens with one attached hydrogen (secondary N) is 1. The second-order valence-corrected chi connectivity index (χ2v) is 2.09. The summed E-state index contributed by atoms with van der Waals surface area (Å²) in [5, 5.41) is 2.66. The maximum atomic E-state index is 10.5. The molecule has 0 heterocycles. The van der Waals surface area contributed by atoms with Crippen LogP contribution < -0.4 is 5.32 Å². The zero-order valence-electron chi connectivity index (χ0n) is 8.76. The number of rotatable bonds is 4. The third kappa shape index (κ3) is 10.7. The molecular weight excluding hydrogens is 162 g/mol. The van der Waals surface area contributed by atoms with Crippen molar-refractivity contribution in [2.75, 3.05) is 6.54 Å². The highest BCUT2D eigenvalue weighted by molar-refractivity contribution is 5.73. The summed E-state index contributed by atoms with van der Waals surface area (Å²) < 4.78 is 0. The maximum Gasteiger partial charge on any atom is 0.217 e. The maximum absolute atomic E-state index is 10.5. The van der Waals surface area contributed by atoms with E-state index in [2.05, 4.69) is 18.5 Å². The number of carbonyl (C=O) groups excluding carboxylic acids is 1. The van der Waals surface area contributed by atoms with E-state index in [1.807, 2.05) is 19.9 Å². The molecule has 0 fully saturated rings. The van der Waals surface area contributed by atoms with E-state index in [4.69, 9.17) is 0 Å². The molecule has 0 aromatic heterocycles. The van der Waals surface area contributed by atoms with Crippen LogP contribution in [0, 0.1) is 0 Å². The molecule has 0 aliphatic carbocycles. The van der Waals surface area contributed by atoms with Crippen molar-refractivity contribution >= 4 is 5.91 Å². The Morgan fingerprint density at radius 1 is 1.46 bits per heavy atom. The Bertz CT molecular complexity index is 197. The summed E-state index contributed by atoms with van der Waals surface area (Å²) in [6, 6.07) is 0. The fourth-order valence-corrected chi connectivity index (χ4v) is 0.577. The Labute approximate surface area is 82.5 Å². The van der Waals surface area contributed by atoms with Crippen LogP contribution >= 0.6 is 0 Å². The Morgan fingerprint density at radius 3 is 2.31 bits per heavy atom. The number of allylic oxidation sites excluding steroid dienone is 2. The van der Waals surface area contributed by atoms with Crippen LogP contribution in [-0.4, -0.2) is 12.5 Å². The van der Waals surface area contributed by atoms with Crippen molar-refractivity contribution in [3.8, 4) is 0 Å². The quantitative estimate of drug-likeness (QED) is 0.667. The monoisotopic (exact) mass is 183 g/mol. The van der Waals surface area contributed by atoms with Gasteiger partial charge >= 0.3 is 0 Å². The van der Waals surface area contributed by atoms with E-state index >= 15 is 0 Å². The second-order valence-electron chi connectivity index (χ2n) is 2.09. The lowest BCUT2D eigenvalue weighted by Crippen LogP contribution is -2.21. The molecule has 0 aromatic rings. The van der Waals surface area contributed by atoms with Crippen LogP contribution in [-0.2, 0) is 4.79 Å². The Hall–Kier alpha value is -1.31. The van der Waals surface area contributed by atoms with Gasteiger partial charge in [-0.1, -0.05) is 45.2 Å². The van der Waals surface area contributed by atoms with E-state index in [9.17, 15) is 4.79 Å². The molecule has 0 aromatic carbocycles. The number of carbonyl (C=O) groups is 1. The van der Waals surface area contributed by atoms with Gasteiger partial charge in [0.25, 0.3) is 0 Å². The topological polar surface area (TPSA) is 29.1 Å². The highest BCUT2D eigenvalue weighted by Crippen LogP contribution is 1.92. The standard InChI is InChI=1S/C9H13NO.C2H6.H2/c1-4-6-9(5-2)7-10-8(3)11;1-2;/h4-6H,1-2,7H2,3H3,(H,10,11);1-2H3;1H/b9-6+;;. The van der Waals surface area contributed by atoms with E-state index < -0.39 is 0 Å². The van der Waals surface area contributed by atoms with Crippen molar-refractivity contribution in [1.29, 1.82) is 0 Å². The SMILES string of the molecule is C=C/C=C(\C=C)CNC(C)=O.CC.[HH]. The zero-order valence-corrected chi connectivity index (χ0v) is 8.76. The number of amides is 1. The highest BCUT2D eigenvalue weighted by Gasteiger charge is 1.91. The van der Waals surface area contributed by atoms with E-state index in [1.54, 1.807) is 12.2 Å². The largest absolute Gasteiger partial charge is 0.352 e. The smallest absolute Gasteiger partial charge is 0.217 e. The summed E-state index contributed by atoms with van der Waals surface area (Å²) in [7, 11) is 0. The van der Waals surface area contributed by atoms with Crippen molar-refractivity contribution in [2.45, 2.75) is 20.8 Å². The lowest BCUT2D eigenvalue weighted by molar-refractivity contribution is -0.118. The Balaban J connectivity index is -0.000000376. The fourth-order valence-electron chi connectivity index (χ4n) is 0.577. The van der Waals surface area contributed by atoms with Crippen LogP contribution in [0.1, 0.15) is 22.2 Å². The van der Waals surface area contributed by atoms with Gasteiger partial charge in [0.1, 0.15) is 0 Å². The summed E-state index contributed by atoms with van der Waals surface area (Å²) >= 11 is 0. The minimum atomic E-state index is -0.0400. The highest BCUT2D eigenvalue weighted by atomic mass is 16.1. The first-order chi connectivity index (χ1) is 6.20. The summed E-state index contributed by atoms with van der Waals surface area (Å²) in [4.78, 5) is 10.5. The first kappa shape index (κ1) is 14.2. The third-order valence-corrected chi connectivity index (χ3v) is 1.14. The number of hydrogen-bond acceptors (Lipinski definition) is 1. The third-order valence-electron chi connectivity index (χ3n) is 1.14. The first-order valence-corrected chi connectivity index (χ1v) is 4.39. The van der Waals surface area contributed by atoms with Crippen LogP contribution in [0.5, 0.6) is 0 Å². The van der Waals surface area contributed by atoms with Crippen molar-refractivity contribution in [1.82, 2.24) is 5.32 Å². The van der Waals surface area contributed by atoms with E-state index in [-0.39, 0.29) is 7.33 Å². The van der Waals surface area contributed by atoms with Crippen LogP contribution in [0.3, 0.4) is 0 Å². The van der Waals surface area contributed by atoms with Crippen LogP contribution in [0.2, 0.25) is 0 Å². The van der Waals surface area contributed by atoms with E-state index in [1.165, 1.54) is 6.92 Å². The molecule has 2 nitrogen and oxygen atoms in total. The second kappa shape index (κ2) is 10.7. The van der Waals surface area contributed by atoms with E-state index in [0.29, 0.717) is 6.54 Å². The van der Waals surface area contributed by atoms with Crippen LogP contribution in [0.15, 0.2) is 37.0 Å². The normalized spacial score (nSPS) is 9.31. The van der Waals surface area contributed by atoms with Crippen molar-refractivity contribution in [3.63, 3.8) is 0 Å². The van der Waals surface area contributed by atoms with Gasteiger partial charge in [-0.2, -0.15) is 0 Å². The molecule has 2 heteroatoms. The van der Waals surface area contributed by atoms with E-state index in [0.717, 1.165) is 5.57 Å². The molecule has 0 atom stereocenters. The predicted octanol–water partition coefficient (Wildman–Crippen LogP) is 2.69. The molecule has 0 radical (unpaired) electrons. The van der Waals surface area contributed by atoms with Gasteiger partial charge in [0.15, 0.2) is 0 Å². The summed E-state index contributed by atoms with van der Waals surface area (Å²) in [6.45, 7) is 13.1. The van der Waals surface area contributed by atoms with Gasteiger partial charge in [0.05, 0.1) is 0 Å². The Kier molecular flexibility index (Phi) is 11.7. The molecule has 0 saturated heterocycles. The lowest BCUT2D eigenvalue weighted by Gasteiger charge is -2.00. The molecule has 1 amide bonds. The molecule has 0 aliphatic heterocycles. The molecule has 0 aliphatic rings. The van der Waals surface area contributed by atoms with Crippen LogP contribution in [0.4, 0.5) is 0 Å². The minimum absolute atomic E-state index is 0. The first-order valence-electron chi connectivity index (χ1n) is 4.39. The molecule has 76 valence electrons. The molecule has 0 saturated carbocycles. The summed E-state index contributed by atoms with van der Waals surface area (Å²) in [5.41, 5.74) is 0.954. The lowest BCUT2D eigenvalue weighted by atomic mass is 10.2. The molecule has 13 heavy (non-hydrogen) atoms. The van der Waals surface area contributed by atoms with Gasteiger partial charge in [-0.3, -0.25) is 4.79 Å². The van der Waals surface area contributed by atoms with Gasteiger partial charge in [0.2, 0.25) is 5.91 Å². The van der Waals surface area contributed by atoms with Gasteiger partial charge in [-0.05, 0) is 5.57 Å². The van der Waals surface area contributed by atoms with Crippen LogP contribution in [0.25, 0.3) is 0 Å². The molecule has 1 N–H and O–H groups in total. The summed E-state index contributed by atoms with van der Waals surface area (Å²) in [6.07, 6.45) is 5.17. The molecule has 0 bridgehead atoms. The van der Waals surface area contributed by atoms with Crippen molar-refractivity contribution in [3.05, 3.63) is 37.0 Å². The zero-order chi connectivity index (χ0) is 10.7. The fraction of sp³-hybridized carbons (Fsp3) is 0.364. The summed E-state index contributed by atoms with van der Waals surface area (Å²) in [5.74, 6) is -0.0400. The van der Waals surface area contributed by atoms with Gasteiger partial charge in [-0.15, -0.1) is 0 Å². The molecule has 0 unspecified atom stereocenters. The molecule has 0 spiro atoms. The van der Waals surface area contributed by atoms with Crippen molar-refractivity contribution in [2.24, 2.45) is 0 Å². The number of hydrogen-bond donors (Lipinski definition) is 1. The van der Waals surface area contributed by atoms with Gasteiger partial charge in [-0.25, -0.2) is 0 Å².